The summed E-state index contributed by atoms with van der Waals surface area (Å²) in [5, 5.41) is 6.25. The molecule has 4 heterocycles. The van der Waals surface area contributed by atoms with Crippen LogP contribution >= 0.6 is 0 Å². The predicted molar refractivity (Wildman–Crippen MR) is 128 cm³/mol. The number of hydrogen-bond donors (Lipinski definition) is 2. The van der Waals surface area contributed by atoms with Crippen LogP contribution in [0.2, 0.25) is 0 Å². The predicted octanol–water partition coefficient (Wildman–Crippen LogP) is 4.67. The van der Waals surface area contributed by atoms with Gasteiger partial charge in [0, 0.05) is 41.2 Å². The van der Waals surface area contributed by atoms with E-state index in [9.17, 15) is 9.18 Å². The van der Waals surface area contributed by atoms with Crippen molar-refractivity contribution < 1.29 is 13.9 Å². The van der Waals surface area contributed by atoms with Gasteiger partial charge in [0.1, 0.15) is 23.0 Å². The maximum absolute atomic E-state index is 13.8. The van der Waals surface area contributed by atoms with E-state index in [4.69, 9.17) is 4.74 Å². The minimum absolute atomic E-state index is 0.287. The molecule has 2 N–H and O–H groups in total. The zero-order valence-corrected chi connectivity index (χ0v) is 19.2. The summed E-state index contributed by atoms with van der Waals surface area (Å²) in [6, 6.07) is 8.83. The van der Waals surface area contributed by atoms with Crippen LogP contribution in [0.4, 0.5) is 15.9 Å². The maximum Gasteiger partial charge on any atom is 0.260 e. The Labute approximate surface area is 193 Å². The van der Waals surface area contributed by atoms with Crippen molar-refractivity contribution in [3.8, 4) is 0 Å². The molecule has 1 amide bonds. The van der Waals surface area contributed by atoms with Gasteiger partial charge in [-0.15, -0.1) is 0 Å². The first-order valence-electron chi connectivity index (χ1n) is 11.6. The standard InChI is InChI=1S/C26H29FN4O2/c1-4-31-11-5-6-18(31)15-29-23-10-7-16(14-28-23)20-13-22(33-26(20,2)3)24-19-12-17(27)8-9-21(19)30-25(24)32/h7-10,12-14,18H,4-6,11,15H2,1-3H3,(H,28,29)(H,30,32). The highest BCUT2D eigenvalue weighted by molar-refractivity contribution is 6.32. The van der Waals surface area contributed by atoms with Gasteiger partial charge >= 0.3 is 0 Å². The third-order valence-corrected chi connectivity index (χ3v) is 6.76. The summed E-state index contributed by atoms with van der Waals surface area (Å²) >= 11 is 0. The fraction of sp³-hybridized carbons (Fsp3) is 0.385. The van der Waals surface area contributed by atoms with E-state index in [2.05, 4.69) is 27.4 Å². The average molecular weight is 449 g/mol. The Morgan fingerprint density at radius 2 is 2.15 bits per heavy atom. The molecule has 172 valence electrons. The van der Waals surface area contributed by atoms with Crippen molar-refractivity contribution in [2.24, 2.45) is 0 Å². The summed E-state index contributed by atoms with van der Waals surface area (Å²) in [5.41, 5.74) is 2.67. The molecule has 2 aromatic rings. The number of halogens is 1. The van der Waals surface area contributed by atoms with Crippen LogP contribution in [-0.4, -0.2) is 47.1 Å². The molecule has 33 heavy (non-hydrogen) atoms. The van der Waals surface area contributed by atoms with Crippen molar-refractivity contribution in [2.75, 3.05) is 30.3 Å². The second-order valence-electron chi connectivity index (χ2n) is 9.29. The van der Waals surface area contributed by atoms with Gasteiger partial charge < -0.3 is 15.4 Å². The summed E-state index contributed by atoms with van der Waals surface area (Å²) in [7, 11) is 0. The number of anilines is 2. The van der Waals surface area contributed by atoms with Gasteiger partial charge in [-0.1, -0.05) is 6.92 Å². The lowest BCUT2D eigenvalue weighted by atomic mass is 9.93. The molecule has 1 atom stereocenters. The highest BCUT2D eigenvalue weighted by atomic mass is 19.1. The topological polar surface area (TPSA) is 66.5 Å². The van der Waals surface area contributed by atoms with E-state index >= 15 is 0 Å². The number of pyridine rings is 1. The Morgan fingerprint density at radius 1 is 1.30 bits per heavy atom. The summed E-state index contributed by atoms with van der Waals surface area (Å²) < 4.78 is 20.0. The minimum Gasteiger partial charge on any atom is -0.482 e. The molecule has 3 aliphatic heterocycles. The van der Waals surface area contributed by atoms with E-state index < -0.39 is 11.4 Å². The van der Waals surface area contributed by atoms with Gasteiger partial charge in [-0.25, -0.2) is 9.37 Å². The lowest BCUT2D eigenvalue weighted by Crippen LogP contribution is -2.34. The molecule has 0 radical (unpaired) electrons. The van der Waals surface area contributed by atoms with Gasteiger partial charge in [-0.2, -0.15) is 0 Å². The van der Waals surface area contributed by atoms with Crippen LogP contribution in [0.15, 0.2) is 48.4 Å². The third kappa shape index (κ3) is 4.02. The Balaban J connectivity index is 1.39. The number of nitrogens with zero attached hydrogens (tertiary/aromatic N) is 2. The molecule has 1 aromatic carbocycles. The maximum atomic E-state index is 13.8. The molecular formula is C26H29FN4O2. The first-order valence-corrected chi connectivity index (χ1v) is 11.6. The van der Waals surface area contributed by atoms with Gasteiger partial charge in [0.05, 0.1) is 5.57 Å². The number of benzene rings is 1. The fourth-order valence-corrected chi connectivity index (χ4v) is 5.03. The van der Waals surface area contributed by atoms with Crippen LogP contribution < -0.4 is 10.6 Å². The second-order valence-corrected chi connectivity index (χ2v) is 9.29. The number of carbonyl (C=O) groups is 1. The number of allylic oxidation sites excluding steroid dienone is 1. The molecule has 7 heteroatoms. The summed E-state index contributed by atoms with van der Waals surface area (Å²) in [6.07, 6.45) is 6.18. The van der Waals surface area contributed by atoms with Crippen molar-refractivity contribution >= 4 is 28.6 Å². The number of fused-ring (bicyclic) bond motifs is 1. The fourth-order valence-electron chi connectivity index (χ4n) is 5.03. The molecule has 1 aromatic heterocycles. The summed E-state index contributed by atoms with van der Waals surface area (Å²) in [6.45, 7) is 9.26. The molecule has 1 unspecified atom stereocenters. The number of hydrogen-bond acceptors (Lipinski definition) is 5. The Bertz CT molecular complexity index is 1150. The van der Waals surface area contributed by atoms with Crippen molar-refractivity contribution in [3.63, 3.8) is 0 Å². The first-order chi connectivity index (χ1) is 15.9. The minimum atomic E-state index is -0.652. The molecule has 0 aliphatic carbocycles. The van der Waals surface area contributed by atoms with Gasteiger partial charge in [0.15, 0.2) is 0 Å². The normalized spacial score (nSPS) is 23.8. The number of amides is 1. The van der Waals surface area contributed by atoms with Crippen molar-refractivity contribution in [2.45, 2.75) is 45.3 Å². The van der Waals surface area contributed by atoms with E-state index in [1.807, 2.05) is 38.3 Å². The smallest absolute Gasteiger partial charge is 0.260 e. The average Bonchev–Trinajstić information content (AvgIpc) is 3.46. The van der Waals surface area contributed by atoms with Crippen molar-refractivity contribution in [3.05, 3.63) is 65.3 Å². The van der Waals surface area contributed by atoms with Gasteiger partial charge in [0.2, 0.25) is 0 Å². The first kappa shape index (κ1) is 21.6. The third-order valence-electron chi connectivity index (χ3n) is 6.76. The molecule has 0 bridgehead atoms. The molecule has 6 nitrogen and oxygen atoms in total. The van der Waals surface area contributed by atoms with E-state index in [1.165, 1.54) is 31.5 Å². The zero-order chi connectivity index (χ0) is 23.2. The van der Waals surface area contributed by atoms with Crippen molar-refractivity contribution in [1.82, 2.24) is 9.88 Å². The Hall–Kier alpha value is -3.19. The van der Waals surface area contributed by atoms with E-state index in [-0.39, 0.29) is 5.91 Å². The van der Waals surface area contributed by atoms with Crippen molar-refractivity contribution in [1.29, 1.82) is 0 Å². The molecular weight excluding hydrogens is 419 g/mol. The number of rotatable bonds is 5. The quantitative estimate of drug-likeness (QED) is 0.651. The molecule has 1 fully saturated rings. The molecule has 0 saturated carbocycles. The molecule has 3 aliphatic rings. The highest BCUT2D eigenvalue weighted by Crippen LogP contribution is 2.44. The summed E-state index contributed by atoms with van der Waals surface area (Å²) in [5.74, 6) is 0.610. The number of carbonyl (C=O) groups excluding carboxylic acids is 1. The monoisotopic (exact) mass is 448 g/mol. The van der Waals surface area contributed by atoms with Gasteiger partial charge in [-0.05, 0) is 76.2 Å². The highest BCUT2D eigenvalue weighted by Gasteiger charge is 2.38. The van der Waals surface area contributed by atoms with Crippen LogP contribution in [0.3, 0.4) is 0 Å². The van der Waals surface area contributed by atoms with Gasteiger partial charge in [-0.3, -0.25) is 9.69 Å². The number of aromatic nitrogens is 1. The largest absolute Gasteiger partial charge is 0.482 e. The molecule has 1 saturated heterocycles. The van der Waals surface area contributed by atoms with E-state index in [1.54, 1.807) is 6.07 Å². The van der Waals surface area contributed by atoms with Crippen LogP contribution in [0.5, 0.6) is 0 Å². The molecule has 0 spiro atoms. The number of nitrogens with one attached hydrogen (secondary N) is 2. The van der Waals surface area contributed by atoms with Crippen LogP contribution in [0.25, 0.3) is 11.1 Å². The summed E-state index contributed by atoms with van der Waals surface area (Å²) in [4.78, 5) is 19.7. The number of likely N-dealkylation sites (tertiary alicyclic amines) is 1. The number of likely N-dealkylation sites (N-methyl/N-ethyl adjacent to an activating group) is 1. The van der Waals surface area contributed by atoms with E-state index in [0.29, 0.717) is 28.6 Å². The van der Waals surface area contributed by atoms with Crippen LogP contribution in [-0.2, 0) is 9.53 Å². The number of ether oxygens (including phenoxy) is 1. The molecule has 5 rings (SSSR count). The van der Waals surface area contributed by atoms with Crippen LogP contribution in [0.1, 0.15) is 44.7 Å². The van der Waals surface area contributed by atoms with Crippen LogP contribution in [0, 0.1) is 5.82 Å². The zero-order valence-electron chi connectivity index (χ0n) is 19.2. The Morgan fingerprint density at radius 3 is 2.91 bits per heavy atom. The van der Waals surface area contributed by atoms with E-state index in [0.717, 1.165) is 30.0 Å². The SMILES string of the molecule is CCN1CCCC1CNc1ccc(C2=CC(=C3C(=O)Nc4ccc(F)cc43)OC2(C)C)cn1. The Kier molecular flexibility index (Phi) is 5.44. The lowest BCUT2D eigenvalue weighted by Gasteiger charge is -2.24. The lowest BCUT2D eigenvalue weighted by molar-refractivity contribution is -0.111. The van der Waals surface area contributed by atoms with Gasteiger partial charge in [0.25, 0.3) is 5.91 Å². The second kappa shape index (κ2) is 8.30.